The smallest absolute Gasteiger partial charge is 0.407 e. The molecule has 0 radical (unpaired) electrons. The lowest BCUT2D eigenvalue weighted by molar-refractivity contribution is 0.140. The van der Waals surface area contributed by atoms with Gasteiger partial charge in [0.2, 0.25) is 5.88 Å². The van der Waals surface area contributed by atoms with Gasteiger partial charge in [-0.2, -0.15) is 4.98 Å². The maximum absolute atomic E-state index is 11.6. The molecule has 1 aromatic heterocycles. The zero-order valence-electron chi connectivity index (χ0n) is 14.3. The zero-order chi connectivity index (χ0) is 17.9. The van der Waals surface area contributed by atoms with Crippen molar-refractivity contribution in [1.29, 1.82) is 0 Å². The summed E-state index contributed by atoms with van der Waals surface area (Å²) in [4.78, 5) is 19.7. The van der Waals surface area contributed by atoms with Crippen LogP contribution in [-0.2, 0) is 11.3 Å². The molecule has 2 aromatic rings. The van der Waals surface area contributed by atoms with Crippen LogP contribution >= 0.6 is 0 Å². The lowest BCUT2D eigenvalue weighted by Gasteiger charge is -2.06. The average molecular weight is 343 g/mol. The fourth-order valence-electron chi connectivity index (χ4n) is 1.98. The number of carbonyl (C=O) groups excluding carboxylic acids is 1. The minimum atomic E-state index is -0.442. The monoisotopic (exact) mass is 343 g/mol. The number of hydrogen-bond acceptors (Lipinski definition) is 6. The van der Waals surface area contributed by atoms with Crippen molar-refractivity contribution in [2.24, 2.45) is 0 Å². The molecule has 0 saturated carbocycles. The van der Waals surface area contributed by atoms with Crippen LogP contribution in [0.3, 0.4) is 0 Å². The van der Waals surface area contributed by atoms with Gasteiger partial charge >= 0.3 is 12.1 Å². The van der Waals surface area contributed by atoms with Crippen molar-refractivity contribution < 1.29 is 19.0 Å². The summed E-state index contributed by atoms with van der Waals surface area (Å²) in [5, 5.41) is 2.69. The first-order valence-corrected chi connectivity index (χ1v) is 7.79. The van der Waals surface area contributed by atoms with Crippen molar-refractivity contribution in [3.63, 3.8) is 0 Å². The Morgan fingerprint density at radius 2 is 2.00 bits per heavy atom. The number of methoxy groups -OCH3 is 2. The molecule has 7 heteroatoms. The number of benzene rings is 1. The van der Waals surface area contributed by atoms with Gasteiger partial charge in [0.1, 0.15) is 6.61 Å². The predicted molar refractivity (Wildman–Crippen MR) is 93.4 cm³/mol. The van der Waals surface area contributed by atoms with E-state index in [0.29, 0.717) is 18.8 Å². The summed E-state index contributed by atoms with van der Waals surface area (Å²) in [6, 6.07) is 9.77. The van der Waals surface area contributed by atoms with Crippen molar-refractivity contribution in [1.82, 2.24) is 15.3 Å². The van der Waals surface area contributed by atoms with Gasteiger partial charge in [-0.3, -0.25) is 0 Å². The molecule has 7 nitrogen and oxygen atoms in total. The summed E-state index contributed by atoms with van der Waals surface area (Å²) in [5.74, 6) is 0.429. The van der Waals surface area contributed by atoms with Gasteiger partial charge in [0.05, 0.1) is 19.8 Å². The summed E-state index contributed by atoms with van der Waals surface area (Å²) in [6.45, 7) is 0.715. The zero-order valence-corrected chi connectivity index (χ0v) is 14.3. The van der Waals surface area contributed by atoms with Gasteiger partial charge in [-0.1, -0.05) is 42.5 Å². The van der Waals surface area contributed by atoms with E-state index in [-0.39, 0.29) is 12.6 Å². The molecular formula is C18H21N3O4. The number of rotatable bonds is 8. The van der Waals surface area contributed by atoms with Crippen LogP contribution in [0, 0.1) is 0 Å². The molecule has 1 heterocycles. The third kappa shape index (κ3) is 6.14. The highest BCUT2D eigenvalue weighted by Gasteiger charge is 2.05. The molecule has 2 rings (SSSR count). The molecule has 0 bridgehead atoms. The van der Waals surface area contributed by atoms with Crippen molar-refractivity contribution in [3.05, 3.63) is 53.7 Å². The summed E-state index contributed by atoms with van der Waals surface area (Å²) < 4.78 is 15.3. The summed E-state index contributed by atoms with van der Waals surface area (Å²) in [6.07, 6.45) is 5.53. The van der Waals surface area contributed by atoms with Crippen molar-refractivity contribution in [2.75, 3.05) is 20.8 Å². The van der Waals surface area contributed by atoms with Gasteiger partial charge in [-0.05, 0) is 12.0 Å². The van der Waals surface area contributed by atoms with E-state index in [4.69, 9.17) is 14.2 Å². The Balaban J connectivity index is 1.71. The van der Waals surface area contributed by atoms with Gasteiger partial charge in [-0.15, -0.1) is 0 Å². The number of ether oxygens (including phenoxy) is 3. The van der Waals surface area contributed by atoms with E-state index in [1.807, 2.05) is 42.5 Å². The maximum atomic E-state index is 11.6. The normalized spacial score (nSPS) is 10.5. The van der Waals surface area contributed by atoms with Crippen LogP contribution in [0.4, 0.5) is 4.79 Å². The number of carbonyl (C=O) groups is 1. The van der Waals surface area contributed by atoms with Gasteiger partial charge < -0.3 is 19.5 Å². The number of alkyl carbamates (subject to hydrolysis) is 1. The molecule has 0 spiro atoms. The molecule has 0 unspecified atom stereocenters. The highest BCUT2D eigenvalue weighted by atomic mass is 16.5. The molecule has 0 aliphatic carbocycles. The largest absolute Gasteiger partial charge is 0.480 e. The topological polar surface area (TPSA) is 82.6 Å². The number of nitrogens with one attached hydrogen (secondary N) is 1. The lowest BCUT2D eigenvalue weighted by atomic mass is 10.2. The molecular weight excluding hydrogens is 322 g/mol. The first-order valence-electron chi connectivity index (χ1n) is 7.79. The Labute approximate surface area is 146 Å². The Morgan fingerprint density at radius 3 is 2.72 bits per heavy atom. The summed E-state index contributed by atoms with van der Waals surface area (Å²) >= 11 is 0. The van der Waals surface area contributed by atoms with Gasteiger partial charge in [-0.25, -0.2) is 9.78 Å². The molecule has 0 fully saturated rings. The SMILES string of the molecule is COc1ncc(C=CCCNC(=O)OCc2ccccc2)c(OC)n1. The minimum absolute atomic E-state index is 0.247. The molecule has 0 saturated heterocycles. The lowest BCUT2D eigenvalue weighted by Crippen LogP contribution is -2.24. The molecule has 1 aromatic carbocycles. The number of hydrogen-bond donors (Lipinski definition) is 1. The first kappa shape index (κ1) is 18.3. The molecule has 25 heavy (non-hydrogen) atoms. The Kier molecular flexibility index (Phi) is 7.24. The van der Waals surface area contributed by atoms with Crippen LogP contribution in [0.25, 0.3) is 6.08 Å². The minimum Gasteiger partial charge on any atom is -0.480 e. The second-order valence-electron chi connectivity index (χ2n) is 5.00. The summed E-state index contributed by atoms with van der Waals surface area (Å²) in [7, 11) is 3.02. The third-order valence-corrected chi connectivity index (χ3v) is 3.22. The molecule has 0 atom stereocenters. The molecule has 132 valence electrons. The van der Waals surface area contributed by atoms with Crippen LogP contribution in [0.1, 0.15) is 17.5 Å². The van der Waals surface area contributed by atoms with Crippen molar-refractivity contribution >= 4 is 12.2 Å². The van der Waals surface area contributed by atoms with E-state index >= 15 is 0 Å². The fraction of sp³-hybridized carbons (Fsp3) is 0.278. The molecule has 1 N–H and O–H groups in total. The predicted octanol–water partition coefficient (Wildman–Crippen LogP) is 2.82. The Hall–Kier alpha value is -3.09. The molecule has 0 aliphatic heterocycles. The highest BCUT2D eigenvalue weighted by Crippen LogP contribution is 2.18. The first-order chi connectivity index (χ1) is 12.2. The van der Waals surface area contributed by atoms with Gasteiger partial charge in [0.15, 0.2) is 0 Å². The van der Waals surface area contributed by atoms with E-state index in [9.17, 15) is 4.79 Å². The van der Waals surface area contributed by atoms with Crippen LogP contribution in [0.2, 0.25) is 0 Å². The Bertz CT molecular complexity index is 705. The Morgan fingerprint density at radius 1 is 1.20 bits per heavy atom. The van der Waals surface area contributed by atoms with E-state index in [1.54, 1.807) is 6.20 Å². The van der Waals surface area contributed by atoms with Crippen LogP contribution in [0.15, 0.2) is 42.6 Å². The van der Waals surface area contributed by atoms with Crippen LogP contribution in [0.5, 0.6) is 11.9 Å². The molecule has 0 aliphatic rings. The third-order valence-electron chi connectivity index (χ3n) is 3.22. The van der Waals surface area contributed by atoms with E-state index in [0.717, 1.165) is 11.1 Å². The fourth-order valence-corrected chi connectivity index (χ4v) is 1.98. The number of amides is 1. The summed E-state index contributed by atoms with van der Waals surface area (Å²) in [5.41, 5.74) is 1.68. The molecule has 1 amide bonds. The quantitative estimate of drug-likeness (QED) is 0.742. The van der Waals surface area contributed by atoms with E-state index < -0.39 is 6.09 Å². The van der Waals surface area contributed by atoms with Gasteiger partial charge in [0.25, 0.3) is 0 Å². The van der Waals surface area contributed by atoms with E-state index in [2.05, 4.69) is 15.3 Å². The van der Waals surface area contributed by atoms with E-state index in [1.165, 1.54) is 14.2 Å². The average Bonchev–Trinajstić information content (AvgIpc) is 2.67. The number of aromatic nitrogens is 2. The second kappa shape index (κ2) is 9.92. The number of nitrogens with zero attached hydrogens (tertiary/aromatic N) is 2. The van der Waals surface area contributed by atoms with Gasteiger partial charge in [0, 0.05) is 12.7 Å². The second-order valence-corrected chi connectivity index (χ2v) is 5.00. The maximum Gasteiger partial charge on any atom is 0.407 e. The van der Waals surface area contributed by atoms with Crippen LogP contribution in [-0.4, -0.2) is 36.8 Å². The van der Waals surface area contributed by atoms with Crippen molar-refractivity contribution in [3.8, 4) is 11.9 Å². The standard InChI is InChI=1S/C18H21N3O4/c1-23-16-15(12-20-17(21-16)24-2)10-6-7-11-19-18(22)25-13-14-8-4-3-5-9-14/h3-6,8-10,12H,7,11,13H2,1-2H3,(H,19,22). The van der Waals surface area contributed by atoms with Crippen LogP contribution < -0.4 is 14.8 Å². The highest BCUT2D eigenvalue weighted by molar-refractivity contribution is 5.67. The van der Waals surface area contributed by atoms with Crippen molar-refractivity contribution in [2.45, 2.75) is 13.0 Å².